The summed E-state index contributed by atoms with van der Waals surface area (Å²) in [7, 11) is 0. The zero-order chi connectivity index (χ0) is 19.8. The molecule has 2 aromatic carbocycles. The zero-order valence-corrected chi connectivity index (χ0v) is 15.6. The lowest BCUT2D eigenvalue weighted by atomic mass is 10.2. The molecule has 0 unspecified atom stereocenters. The molecule has 28 heavy (non-hydrogen) atoms. The molecule has 0 saturated carbocycles. The first kappa shape index (κ1) is 19.6. The number of amides is 1. The number of halogens is 1. The molecule has 1 heterocycles. The van der Waals surface area contributed by atoms with Crippen LogP contribution in [-0.4, -0.2) is 22.6 Å². The van der Waals surface area contributed by atoms with E-state index in [2.05, 4.69) is 10.3 Å². The fraction of sp³-hybridized carbons (Fsp3) is 0.0952. The maximum absolute atomic E-state index is 12.9. The monoisotopic (exact) mass is 396 g/mol. The highest BCUT2D eigenvalue weighted by Crippen LogP contribution is 2.24. The summed E-state index contributed by atoms with van der Waals surface area (Å²) >= 11 is 1.22. The Morgan fingerprint density at radius 2 is 1.75 bits per heavy atom. The van der Waals surface area contributed by atoms with Crippen molar-refractivity contribution in [2.24, 2.45) is 0 Å². The van der Waals surface area contributed by atoms with Crippen molar-refractivity contribution in [1.29, 1.82) is 0 Å². The van der Waals surface area contributed by atoms with Gasteiger partial charge in [0.25, 0.3) is 0 Å². The Hall–Kier alpha value is -3.19. The molecule has 1 aromatic heterocycles. The molecule has 0 aliphatic carbocycles. The summed E-state index contributed by atoms with van der Waals surface area (Å²) < 4.78 is 18.2. The first-order chi connectivity index (χ1) is 13.6. The summed E-state index contributed by atoms with van der Waals surface area (Å²) in [5.41, 5.74) is 1.55. The average molecular weight is 396 g/mol. The van der Waals surface area contributed by atoms with Crippen molar-refractivity contribution in [2.45, 2.75) is 11.5 Å². The smallest absolute Gasteiger partial charge is 0.339 e. The van der Waals surface area contributed by atoms with E-state index in [1.807, 2.05) is 6.07 Å². The average Bonchev–Trinajstić information content (AvgIpc) is 2.73. The fourth-order valence-electron chi connectivity index (χ4n) is 2.34. The number of thioether (sulfide) groups is 1. The van der Waals surface area contributed by atoms with Gasteiger partial charge < -0.3 is 10.1 Å². The van der Waals surface area contributed by atoms with Gasteiger partial charge in [0.1, 0.15) is 12.4 Å². The topological polar surface area (TPSA) is 68.3 Å². The molecule has 0 spiro atoms. The van der Waals surface area contributed by atoms with Gasteiger partial charge in [-0.05, 0) is 48.5 Å². The third-order valence-corrected chi connectivity index (χ3v) is 4.74. The number of nitrogens with zero attached hydrogens (tertiary/aromatic N) is 1. The number of benzene rings is 2. The number of nitrogens with one attached hydrogen (secondary N) is 1. The molecule has 0 bridgehead atoms. The number of hydrogen-bond donors (Lipinski definition) is 1. The Kier molecular flexibility index (Phi) is 6.75. The number of hydrogen-bond acceptors (Lipinski definition) is 5. The predicted octanol–water partition coefficient (Wildman–Crippen LogP) is 4.31. The molecule has 3 rings (SSSR count). The molecule has 0 saturated heterocycles. The van der Waals surface area contributed by atoms with Gasteiger partial charge in [-0.2, -0.15) is 0 Å². The van der Waals surface area contributed by atoms with Gasteiger partial charge >= 0.3 is 5.97 Å². The summed E-state index contributed by atoms with van der Waals surface area (Å²) in [6.45, 7) is 0.0731. The van der Waals surface area contributed by atoms with E-state index in [1.54, 1.807) is 42.6 Å². The quantitative estimate of drug-likeness (QED) is 0.476. The van der Waals surface area contributed by atoms with Gasteiger partial charge in [-0.3, -0.25) is 9.78 Å². The Morgan fingerprint density at radius 3 is 2.50 bits per heavy atom. The SMILES string of the molecule is O=C(CSc1ccccc1C(=O)OCc1ccccn1)Nc1ccc(F)cc1. The van der Waals surface area contributed by atoms with Crippen molar-refractivity contribution in [2.75, 3.05) is 11.1 Å². The Labute approximate surface area is 166 Å². The standard InChI is InChI=1S/C21H17FN2O3S/c22-15-8-10-16(11-9-15)24-20(25)14-28-19-7-2-1-6-18(19)21(26)27-13-17-5-3-4-12-23-17/h1-12H,13-14H2,(H,24,25). The van der Waals surface area contributed by atoms with Crippen LogP contribution in [0.1, 0.15) is 16.1 Å². The van der Waals surface area contributed by atoms with Crippen LogP contribution in [0.15, 0.2) is 77.8 Å². The molecular weight excluding hydrogens is 379 g/mol. The largest absolute Gasteiger partial charge is 0.456 e. The van der Waals surface area contributed by atoms with Crippen molar-refractivity contribution < 1.29 is 18.7 Å². The van der Waals surface area contributed by atoms with Gasteiger partial charge in [0, 0.05) is 16.8 Å². The third-order valence-electron chi connectivity index (χ3n) is 3.67. The van der Waals surface area contributed by atoms with Crippen LogP contribution >= 0.6 is 11.8 Å². The molecule has 1 amide bonds. The summed E-state index contributed by atoms with van der Waals surface area (Å²) in [5, 5.41) is 2.68. The van der Waals surface area contributed by atoms with Crippen molar-refractivity contribution >= 4 is 29.3 Å². The van der Waals surface area contributed by atoms with Crippen molar-refractivity contribution in [3.63, 3.8) is 0 Å². The number of esters is 1. The van der Waals surface area contributed by atoms with E-state index in [0.29, 0.717) is 21.8 Å². The van der Waals surface area contributed by atoms with Crippen LogP contribution in [0.5, 0.6) is 0 Å². The highest BCUT2D eigenvalue weighted by atomic mass is 32.2. The summed E-state index contributed by atoms with van der Waals surface area (Å²) in [6.07, 6.45) is 1.63. The normalized spacial score (nSPS) is 10.3. The van der Waals surface area contributed by atoms with E-state index in [4.69, 9.17) is 4.74 Å². The second-order valence-corrected chi connectivity index (χ2v) is 6.75. The first-order valence-corrected chi connectivity index (χ1v) is 9.44. The van der Waals surface area contributed by atoms with Crippen molar-refractivity contribution in [3.05, 3.63) is 90.0 Å². The molecule has 7 heteroatoms. The van der Waals surface area contributed by atoms with Crippen molar-refractivity contribution in [1.82, 2.24) is 4.98 Å². The minimum Gasteiger partial charge on any atom is -0.456 e. The van der Waals surface area contributed by atoms with E-state index in [9.17, 15) is 14.0 Å². The number of carbonyl (C=O) groups is 2. The lowest BCUT2D eigenvalue weighted by molar-refractivity contribution is -0.113. The third kappa shape index (κ3) is 5.65. The summed E-state index contributed by atoms with van der Waals surface area (Å²) in [4.78, 5) is 29.3. The van der Waals surface area contributed by atoms with Crippen LogP contribution in [0.25, 0.3) is 0 Å². The molecule has 0 fully saturated rings. The highest BCUT2D eigenvalue weighted by Gasteiger charge is 2.14. The molecule has 0 aliphatic heterocycles. The molecule has 3 aromatic rings. The van der Waals surface area contributed by atoms with Crippen LogP contribution in [0, 0.1) is 5.82 Å². The van der Waals surface area contributed by atoms with Crippen LogP contribution in [0.4, 0.5) is 10.1 Å². The maximum atomic E-state index is 12.9. The van der Waals surface area contributed by atoms with Gasteiger partial charge in [-0.25, -0.2) is 9.18 Å². The molecule has 5 nitrogen and oxygen atoms in total. The fourth-order valence-corrected chi connectivity index (χ4v) is 3.18. The van der Waals surface area contributed by atoms with E-state index in [0.717, 1.165) is 0 Å². The summed E-state index contributed by atoms with van der Waals surface area (Å²) in [5.74, 6) is -1.01. The van der Waals surface area contributed by atoms with Crippen LogP contribution in [0.3, 0.4) is 0 Å². The molecule has 1 N–H and O–H groups in total. The molecule has 0 radical (unpaired) electrons. The highest BCUT2D eigenvalue weighted by molar-refractivity contribution is 8.00. The van der Waals surface area contributed by atoms with Gasteiger partial charge in [-0.1, -0.05) is 18.2 Å². The number of rotatable bonds is 7. The maximum Gasteiger partial charge on any atom is 0.339 e. The first-order valence-electron chi connectivity index (χ1n) is 8.46. The van der Waals surface area contributed by atoms with Gasteiger partial charge in [0.05, 0.1) is 17.0 Å². The second kappa shape index (κ2) is 9.66. The minimum atomic E-state index is -0.479. The van der Waals surface area contributed by atoms with Gasteiger partial charge in [0.2, 0.25) is 5.91 Å². The lowest BCUT2D eigenvalue weighted by Crippen LogP contribution is -2.14. The van der Waals surface area contributed by atoms with Gasteiger partial charge in [0.15, 0.2) is 0 Å². The van der Waals surface area contributed by atoms with E-state index in [-0.39, 0.29) is 24.1 Å². The Morgan fingerprint density at radius 1 is 1.00 bits per heavy atom. The molecule has 0 aliphatic rings. The number of carbonyl (C=O) groups excluding carboxylic acids is 2. The van der Waals surface area contributed by atoms with E-state index >= 15 is 0 Å². The molecule has 142 valence electrons. The van der Waals surface area contributed by atoms with Crippen molar-refractivity contribution in [3.8, 4) is 0 Å². The molecular formula is C21H17FN2O3S. The van der Waals surface area contributed by atoms with Crippen LogP contribution in [-0.2, 0) is 16.1 Å². The zero-order valence-electron chi connectivity index (χ0n) is 14.8. The second-order valence-electron chi connectivity index (χ2n) is 5.74. The minimum absolute atomic E-state index is 0.0731. The number of pyridine rings is 1. The van der Waals surface area contributed by atoms with Gasteiger partial charge in [-0.15, -0.1) is 11.8 Å². The van der Waals surface area contributed by atoms with E-state index in [1.165, 1.54) is 36.0 Å². The lowest BCUT2D eigenvalue weighted by Gasteiger charge is -2.09. The molecule has 0 atom stereocenters. The van der Waals surface area contributed by atoms with Crippen LogP contribution < -0.4 is 5.32 Å². The Balaban J connectivity index is 1.57. The predicted molar refractivity (Wildman–Crippen MR) is 106 cm³/mol. The Bertz CT molecular complexity index is 949. The van der Waals surface area contributed by atoms with E-state index < -0.39 is 5.97 Å². The summed E-state index contributed by atoms with van der Waals surface area (Å²) in [6, 6.07) is 17.8. The number of aromatic nitrogens is 1. The van der Waals surface area contributed by atoms with Crippen LogP contribution in [0.2, 0.25) is 0 Å². The number of anilines is 1. The number of ether oxygens (including phenoxy) is 1.